The largest absolute Gasteiger partial charge is 0.492 e. The van der Waals surface area contributed by atoms with Crippen LogP contribution in [0, 0.1) is 0 Å². The predicted octanol–water partition coefficient (Wildman–Crippen LogP) is 7.40. The van der Waals surface area contributed by atoms with Crippen molar-refractivity contribution < 1.29 is 23.9 Å². The number of hydrogen-bond donors (Lipinski definition) is 1. The molecule has 8 nitrogen and oxygen atoms in total. The molecule has 4 amide bonds. The van der Waals surface area contributed by atoms with Gasteiger partial charge in [-0.05, 0) is 93.9 Å². The van der Waals surface area contributed by atoms with Crippen molar-refractivity contribution in [3.63, 3.8) is 0 Å². The number of imide groups is 2. The zero-order valence-electron chi connectivity index (χ0n) is 26.2. The van der Waals surface area contributed by atoms with Gasteiger partial charge >= 0.3 is 6.03 Å². The van der Waals surface area contributed by atoms with Crippen LogP contribution in [0.4, 0.5) is 16.2 Å². The lowest BCUT2D eigenvalue weighted by Gasteiger charge is -2.44. The van der Waals surface area contributed by atoms with E-state index in [-0.39, 0.29) is 17.4 Å². The van der Waals surface area contributed by atoms with Gasteiger partial charge in [-0.3, -0.25) is 14.9 Å². The van der Waals surface area contributed by atoms with Crippen LogP contribution in [0.1, 0.15) is 59.4 Å². The Balaban J connectivity index is 1.37. The zero-order valence-corrected chi connectivity index (χ0v) is 27.8. The summed E-state index contributed by atoms with van der Waals surface area (Å²) in [6, 6.07) is 27.4. The van der Waals surface area contributed by atoms with Crippen molar-refractivity contribution in [3.05, 3.63) is 123 Å². The second-order valence-corrected chi connectivity index (χ2v) is 12.7. The fraction of sp³-hybridized carbons (Fsp3) is 0.237. The quantitative estimate of drug-likeness (QED) is 0.161. The van der Waals surface area contributed by atoms with E-state index in [0.717, 1.165) is 42.0 Å². The van der Waals surface area contributed by atoms with E-state index in [1.807, 2.05) is 55.5 Å². The molecule has 0 unspecified atom stereocenters. The molecule has 7 rings (SSSR count). The Morgan fingerprint density at radius 3 is 2.02 bits per heavy atom. The molecule has 0 bridgehead atoms. The molecule has 9 heteroatoms. The summed E-state index contributed by atoms with van der Waals surface area (Å²) in [6.45, 7) is 4.10. The first kappa shape index (κ1) is 30.7. The van der Waals surface area contributed by atoms with Crippen molar-refractivity contribution in [2.75, 3.05) is 36.6 Å². The Morgan fingerprint density at radius 2 is 1.47 bits per heavy atom. The third kappa shape index (κ3) is 5.58. The molecule has 3 heterocycles. The topological polar surface area (TPSA) is 88.2 Å². The molecule has 0 aromatic heterocycles. The van der Waals surface area contributed by atoms with Crippen LogP contribution in [0.5, 0.6) is 11.5 Å². The summed E-state index contributed by atoms with van der Waals surface area (Å²) in [5, 5.41) is 2.41. The molecule has 1 N–H and O–H groups in total. The zero-order chi connectivity index (χ0) is 32.7. The van der Waals surface area contributed by atoms with Gasteiger partial charge in [-0.2, -0.15) is 0 Å². The van der Waals surface area contributed by atoms with Gasteiger partial charge in [0.25, 0.3) is 11.8 Å². The molecule has 4 aromatic rings. The molecule has 0 saturated carbocycles. The van der Waals surface area contributed by atoms with Crippen molar-refractivity contribution in [2.45, 2.75) is 31.6 Å². The van der Waals surface area contributed by atoms with Gasteiger partial charge in [0.05, 0.1) is 23.9 Å². The highest BCUT2D eigenvalue weighted by Gasteiger charge is 2.40. The van der Waals surface area contributed by atoms with Gasteiger partial charge in [0.2, 0.25) is 0 Å². The van der Waals surface area contributed by atoms with Crippen LogP contribution in [0.25, 0.3) is 6.08 Å². The SMILES string of the molecule is CCOc1cc(/C=C2\C(=O)NC(=O)N(c3cc4c5c(c3)[C@H](c3ccccc3)CCN5CC[C@@H]4c3ccccc3)C2=O)cc(Br)c1OC. The van der Waals surface area contributed by atoms with Crippen LogP contribution in [0.3, 0.4) is 0 Å². The van der Waals surface area contributed by atoms with E-state index in [1.165, 1.54) is 30.0 Å². The minimum atomic E-state index is -0.772. The predicted molar refractivity (Wildman–Crippen MR) is 185 cm³/mol. The number of rotatable bonds is 7. The van der Waals surface area contributed by atoms with Crippen LogP contribution in [-0.4, -0.2) is 44.7 Å². The number of anilines is 2. The third-order valence-corrected chi connectivity index (χ3v) is 9.80. The summed E-state index contributed by atoms with van der Waals surface area (Å²) in [7, 11) is 1.54. The minimum Gasteiger partial charge on any atom is -0.492 e. The molecule has 47 heavy (non-hydrogen) atoms. The maximum Gasteiger partial charge on any atom is 0.335 e. The van der Waals surface area contributed by atoms with Gasteiger partial charge in [-0.25, -0.2) is 9.69 Å². The van der Waals surface area contributed by atoms with Crippen LogP contribution >= 0.6 is 15.9 Å². The number of methoxy groups -OCH3 is 1. The summed E-state index contributed by atoms with van der Waals surface area (Å²) in [4.78, 5) is 44.5. The Bertz CT molecular complexity index is 1840. The minimum absolute atomic E-state index is 0.0870. The smallest absolute Gasteiger partial charge is 0.335 e. The Kier molecular flexibility index (Phi) is 8.32. The van der Waals surface area contributed by atoms with Crippen LogP contribution in [0.15, 0.2) is 95.0 Å². The van der Waals surface area contributed by atoms with Gasteiger partial charge in [-0.15, -0.1) is 0 Å². The van der Waals surface area contributed by atoms with E-state index in [2.05, 4.69) is 50.4 Å². The normalized spacial score (nSPS) is 19.8. The Hall–Kier alpha value is -4.89. The number of ether oxygens (including phenoxy) is 2. The highest BCUT2D eigenvalue weighted by molar-refractivity contribution is 9.10. The number of halogens is 1. The summed E-state index contributed by atoms with van der Waals surface area (Å²) < 4.78 is 11.8. The summed E-state index contributed by atoms with van der Waals surface area (Å²) in [5.41, 5.74) is 6.55. The Morgan fingerprint density at radius 1 is 0.872 bits per heavy atom. The molecule has 0 radical (unpaired) electrons. The molecule has 2 atom stereocenters. The molecule has 1 fully saturated rings. The fourth-order valence-corrected chi connectivity index (χ4v) is 7.78. The molecule has 238 valence electrons. The number of carbonyl (C=O) groups excluding carboxylic acids is 3. The van der Waals surface area contributed by atoms with E-state index in [0.29, 0.717) is 33.8 Å². The van der Waals surface area contributed by atoms with Crippen LogP contribution in [0.2, 0.25) is 0 Å². The number of benzene rings is 4. The molecule has 0 aliphatic carbocycles. The van der Waals surface area contributed by atoms with E-state index in [4.69, 9.17) is 9.47 Å². The lowest BCUT2D eigenvalue weighted by Crippen LogP contribution is -2.54. The highest BCUT2D eigenvalue weighted by atomic mass is 79.9. The van der Waals surface area contributed by atoms with Crippen molar-refractivity contribution in [1.29, 1.82) is 0 Å². The molecular weight excluding hydrogens is 658 g/mol. The first-order valence-corrected chi connectivity index (χ1v) is 16.6. The van der Waals surface area contributed by atoms with E-state index < -0.39 is 17.8 Å². The van der Waals surface area contributed by atoms with Crippen molar-refractivity contribution >= 4 is 51.2 Å². The molecule has 3 aliphatic rings. The number of carbonyl (C=O) groups is 3. The van der Waals surface area contributed by atoms with Crippen molar-refractivity contribution in [3.8, 4) is 11.5 Å². The van der Waals surface area contributed by atoms with Crippen LogP contribution < -0.4 is 24.6 Å². The van der Waals surface area contributed by atoms with E-state index in [9.17, 15) is 14.4 Å². The van der Waals surface area contributed by atoms with Gasteiger partial charge < -0.3 is 14.4 Å². The molecule has 3 aliphatic heterocycles. The maximum absolute atomic E-state index is 14.2. The summed E-state index contributed by atoms with van der Waals surface area (Å²) >= 11 is 3.50. The molecular formula is C38H34BrN3O5. The van der Waals surface area contributed by atoms with Gasteiger partial charge in [0.1, 0.15) is 5.57 Å². The van der Waals surface area contributed by atoms with Crippen molar-refractivity contribution in [1.82, 2.24) is 5.32 Å². The second kappa shape index (κ2) is 12.7. The van der Waals surface area contributed by atoms with Gasteiger partial charge in [0, 0.05) is 30.6 Å². The number of urea groups is 1. The van der Waals surface area contributed by atoms with Gasteiger partial charge in [0.15, 0.2) is 11.5 Å². The summed E-state index contributed by atoms with van der Waals surface area (Å²) in [6.07, 6.45) is 3.30. The number of nitrogens with zero attached hydrogens (tertiary/aromatic N) is 2. The van der Waals surface area contributed by atoms with Gasteiger partial charge in [-0.1, -0.05) is 60.7 Å². The molecule has 0 spiro atoms. The lowest BCUT2D eigenvalue weighted by atomic mass is 9.76. The number of barbiturate groups is 1. The number of hydrogen-bond acceptors (Lipinski definition) is 6. The number of amides is 4. The van der Waals surface area contributed by atoms with E-state index in [1.54, 1.807) is 12.1 Å². The molecule has 1 saturated heterocycles. The standard InChI is InChI=1S/C38H34BrN3O5/c1-3-47-33-20-23(19-32(39)35(33)46-2)18-31-36(43)40-38(45)42(37(31)44)26-21-29-27(24-10-6-4-7-11-24)14-16-41-17-15-28(30(22-26)34(29)41)25-12-8-5-9-13-25/h4-13,18-22,27-28H,3,14-17H2,1-2H3,(H,40,43,45)/b31-18+/t27-,28+. The van der Waals surface area contributed by atoms with Crippen molar-refractivity contribution in [2.24, 2.45) is 0 Å². The average molecular weight is 693 g/mol. The monoisotopic (exact) mass is 691 g/mol. The highest BCUT2D eigenvalue weighted by Crippen LogP contribution is 2.50. The van der Waals surface area contributed by atoms with Crippen LogP contribution in [-0.2, 0) is 9.59 Å². The number of nitrogens with one attached hydrogen (secondary N) is 1. The maximum atomic E-state index is 14.2. The fourth-order valence-electron chi connectivity index (χ4n) is 7.16. The first-order valence-electron chi connectivity index (χ1n) is 15.8. The molecule has 4 aromatic carbocycles. The third-order valence-electron chi connectivity index (χ3n) is 9.21. The average Bonchev–Trinajstić information content (AvgIpc) is 3.08. The first-order chi connectivity index (χ1) is 22.9. The van der Waals surface area contributed by atoms with E-state index >= 15 is 0 Å². The summed E-state index contributed by atoms with van der Waals surface area (Å²) in [5.74, 6) is -0.302. The lowest BCUT2D eigenvalue weighted by molar-refractivity contribution is -0.122. The second-order valence-electron chi connectivity index (χ2n) is 11.9. The Labute approximate surface area is 282 Å².